The summed E-state index contributed by atoms with van der Waals surface area (Å²) in [6, 6.07) is 10.4. The highest BCUT2D eigenvalue weighted by Gasteiger charge is 2.24. The molecule has 0 spiro atoms. The van der Waals surface area contributed by atoms with E-state index in [4.69, 9.17) is 4.74 Å². The lowest BCUT2D eigenvalue weighted by Crippen LogP contribution is -2.40. The maximum absolute atomic E-state index is 5.28. The largest absolute Gasteiger partial charge is 0.384 e. The lowest BCUT2D eigenvalue weighted by atomic mass is 10.1. The van der Waals surface area contributed by atoms with Crippen LogP contribution >= 0.6 is 0 Å². The number of aliphatic imine (C=N–C) groups is 1. The Hall–Kier alpha value is -2.34. The number of nitrogens with zero attached hydrogens (tertiary/aromatic N) is 4. The standard InChI is InChI=1S/C19H27N5O/c1-20-19(24-10-8-17(14-24)15-25-2)22-12-18-21-9-11-23(18)13-16-6-4-3-5-7-16/h3-7,9,11,17H,8,10,12-15H2,1-2H3,(H,20,22). The summed E-state index contributed by atoms with van der Waals surface area (Å²) < 4.78 is 7.45. The minimum absolute atomic E-state index is 0.587. The molecule has 3 rings (SSSR count). The van der Waals surface area contributed by atoms with Gasteiger partial charge in [-0.25, -0.2) is 4.98 Å². The van der Waals surface area contributed by atoms with Crippen LogP contribution in [-0.2, 0) is 17.8 Å². The Bertz CT molecular complexity index is 682. The van der Waals surface area contributed by atoms with Crippen molar-refractivity contribution >= 4 is 5.96 Å². The van der Waals surface area contributed by atoms with E-state index in [0.717, 1.165) is 44.4 Å². The molecule has 0 radical (unpaired) electrons. The summed E-state index contributed by atoms with van der Waals surface area (Å²) in [7, 11) is 3.60. The van der Waals surface area contributed by atoms with E-state index in [1.807, 2.05) is 25.5 Å². The fourth-order valence-corrected chi connectivity index (χ4v) is 3.32. The number of benzene rings is 1. The van der Waals surface area contributed by atoms with Crippen LogP contribution in [0.1, 0.15) is 17.8 Å². The van der Waals surface area contributed by atoms with Crippen molar-refractivity contribution in [1.29, 1.82) is 0 Å². The van der Waals surface area contributed by atoms with Crippen LogP contribution in [0.4, 0.5) is 0 Å². The molecule has 6 heteroatoms. The zero-order chi connectivity index (χ0) is 17.5. The summed E-state index contributed by atoms with van der Waals surface area (Å²) in [5.41, 5.74) is 1.27. The smallest absolute Gasteiger partial charge is 0.194 e. The molecule has 0 saturated carbocycles. The van der Waals surface area contributed by atoms with Crippen LogP contribution in [0.15, 0.2) is 47.7 Å². The molecule has 1 N–H and O–H groups in total. The van der Waals surface area contributed by atoms with Gasteiger partial charge in [-0.2, -0.15) is 0 Å². The molecule has 25 heavy (non-hydrogen) atoms. The molecular weight excluding hydrogens is 314 g/mol. The molecule has 0 amide bonds. The van der Waals surface area contributed by atoms with Crippen molar-refractivity contribution in [1.82, 2.24) is 19.8 Å². The second-order valence-electron chi connectivity index (χ2n) is 6.41. The van der Waals surface area contributed by atoms with Crippen LogP contribution in [0, 0.1) is 5.92 Å². The lowest BCUT2D eigenvalue weighted by Gasteiger charge is -2.21. The van der Waals surface area contributed by atoms with Gasteiger partial charge in [0.05, 0.1) is 13.2 Å². The minimum atomic E-state index is 0.587. The number of guanidine groups is 1. The average Bonchev–Trinajstić information content (AvgIpc) is 3.27. The first-order valence-electron chi connectivity index (χ1n) is 8.78. The number of aromatic nitrogens is 2. The molecule has 6 nitrogen and oxygen atoms in total. The van der Waals surface area contributed by atoms with Crippen LogP contribution in [-0.4, -0.2) is 54.3 Å². The van der Waals surface area contributed by atoms with Gasteiger partial charge >= 0.3 is 0 Å². The lowest BCUT2D eigenvalue weighted by molar-refractivity contribution is 0.157. The van der Waals surface area contributed by atoms with Gasteiger partial charge in [0.2, 0.25) is 0 Å². The molecule has 1 fully saturated rings. The Labute approximate surface area is 149 Å². The van der Waals surface area contributed by atoms with Gasteiger partial charge < -0.3 is 19.5 Å². The predicted molar refractivity (Wildman–Crippen MR) is 99.5 cm³/mol. The third-order valence-corrected chi connectivity index (χ3v) is 4.60. The van der Waals surface area contributed by atoms with E-state index in [9.17, 15) is 0 Å². The first-order chi connectivity index (χ1) is 12.3. The Balaban J connectivity index is 1.57. The van der Waals surface area contributed by atoms with Crippen LogP contribution in [0.3, 0.4) is 0 Å². The van der Waals surface area contributed by atoms with E-state index < -0.39 is 0 Å². The first kappa shape index (κ1) is 17.5. The molecule has 2 aromatic rings. The molecule has 1 atom stereocenters. The summed E-state index contributed by atoms with van der Waals surface area (Å²) in [5, 5.41) is 3.45. The number of rotatable bonds is 6. The highest BCUT2D eigenvalue weighted by Crippen LogP contribution is 2.16. The van der Waals surface area contributed by atoms with Crippen LogP contribution in [0.5, 0.6) is 0 Å². The van der Waals surface area contributed by atoms with E-state index in [2.05, 4.69) is 49.0 Å². The predicted octanol–water partition coefficient (Wildman–Crippen LogP) is 1.98. The van der Waals surface area contributed by atoms with E-state index in [-0.39, 0.29) is 0 Å². The highest BCUT2D eigenvalue weighted by molar-refractivity contribution is 5.80. The topological polar surface area (TPSA) is 54.7 Å². The fourth-order valence-electron chi connectivity index (χ4n) is 3.32. The molecule has 1 saturated heterocycles. The van der Waals surface area contributed by atoms with Gasteiger partial charge in [-0.05, 0) is 12.0 Å². The van der Waals surface area contributed by atoms with Crippen molar-refractivity contribution in [3.63, 3.8) is 0 Å². The molecule has 1 aromatic carbocycles. The second-order valence-corrected chi connectivity index (χ2v) is 6.41. The number of hydrogen-bond donors (Lipinski definition) is 1. The first-order valence-corrected chi connectivity index (χ1v) is 8.78. The molecule has 1 unspecified atom stereocenters. The monoisotopic (exact) mass is 341 g/mol. The molecule has 134 valence electrons. The van der Waals surface area contributed by atoms with Gasteiger partial charge in [-0.15, -0.1) is 0 Å². The molecule has 1 aliphatic rings. The van der Waals surface area contributed by atoms with Gasteiger partial charge in [-0.1, -0.05) is 30.3 Å². The Morgan fingerprint density at radius 2 is 2.20 bits per heavy atom. The molecule has 0 bridgehead atoms. The van der Waals surface area contributed by atoms with E-state index in [1.54, 1.807) is 7.11 Å². The zero-order valence-electron chi connectivity index (χ0n) is 15.1. The van der Waals surface area contributed by atoms with E-state index in [0.29, 0.717) is 12.5 Å². The van der Waals surface area contributed by atoms with Crippen LogP contribution < -0.4 is 5.32 Å². The highest BCUT2D eigenvalue weighted by atomic mass is 16.5. The van der Waals surface area contributed by atoms with E-state index >= 15 is 0 Å². The summed E-state index contributed by atoms with van der Waals surface area (Å²) in [6.07, 6.45) is 5.03. The van der Waals surface area contributed by atoms with Gasteiger partial charge in [0.15, 0.2) is 5.96 Å². The van der Waals surface area contributed by atoms with E-state index in [1.165, 1.54) is 5.56 Å². The SMILES string of the molecule is CN=C(NCc1nccn1Cc1ccccc1)N1CCC(COC)C1. The number of ether oxygens (including phenoxy) is 1. The van der Waals surface area contributed by atoms with Gasteiger partial charge in [0, 0.05) is 52.1 Å². The summed E-state index contributed by atoms with van der Waals surface area (Å²) in [4.78, 5) is 11.2. The van der Waals surface area contributed by atoms with Crippen LogP contribution in [0.2, 0.25) is 0 Å². The normalized spacial score (nSPS) is 17.9. The number of imidazole rings is 1. The van der Waals surface area contributed by atoms with Crippen molar-refractivity contribution in [3.05, 3.63) is 54.1 Å². The average molecular weight is 341 g/mol. The Kier molecular flexibility index (Phi) is 6.06. The van der Waals surface area contributed by atoms with Crippen molar-refractivity contribution in [2.24, 2.45) is 10.9 Å². The summed E-state index contributed by atoms with van der Waals surface area (Å²) in [5.74, 6) is 2.54. The number of methoxy groups -OCH3 is 1. The number of hydrogen-bond acceptors (Lipinski definition) is 3. The van der Waals surface area contributed by atoms with Gasteiger partial charge in [0.25, 0.3) is 0 Å². The second kappa shape index (κ2) is 8.67. The molecule has 1 aromatic heterocycles. The molecule has 0 aliphatic carbocycles. The summed E-state index contributed by atoms with van der Waals surface area (Å²) in [6.45, 7) is 4.32. The Morgan fingerprint density at radius 3 is 2.96 bits per heavy atom. The van der Waals surface area contributed by atoms with Gasteiger partial charge in [-0.3, -0.25) is 4.99 Å². The molecular formula is C19H27N5O. The van der Waals surface area contributed by atoms with Crippen molar-refractivity contribution in [3.8, 4) is 0 Å². The third kappa shape index (κ3) is 4.60. The quantitative estimate of drug-likeness (QED) is 0.645. The van der Waals surface area contributed by atoms with Crippen molar-refractivity contribution in [2.75, 3.05) is 33.9 Å². The molecule has 1 aliphatic heterocycles. The fraction of sp³-hybridized carbons (Fsp3) is 0.474. The maximum Gasteiger partial charge on any atom is 0.194 e. The summed E-state index contributed by atoms with van der Waals surface area (Å²) >= 11 is 0. The number of nitrogens with one attached hydrogen (secondary N) is 1. The minimum Gasteiger partial charge on any atom is -0.384 e. The van der Waals surface area contributed by atoms with Gasteiger partial charge in [0.1, 0.15) is 5.82 Å². The molecule has 2 heterocycles. The number of likely N-dealkylation sites (tertiary alicyclic amines) is 1. The third-order valence-electron chi connectivity index (χ3n) is 4.60. The van der Waals surface area contributed by atoms with Crippen molar-refractivity contribution in [2.45, 2.75) is 19.5 Å². The Morgan fingerprint density at radius 1 is 1.36 bits per heavy atom. The maximum atomic E-state index is 5.28. The zero-order valence-corrected chi connectivity index (χ0v) is 15.1. The van der Waals surface area contributed by atoms with Crippen LogP contribution in [0.25, 0.3) is 0 Å². The van der Waals surface area contributed by atoms with Crippen molar-refractivity contribution < 1.29 is 4.74 Å².